The number of hydrogen-bond acceptors (Lipinski definition) is 7. The van der Waals surface area contributed by atoms with Crippen LogP contribution >= 0.6 is 0 Å². The molecule has 0 aliphatic carbocycles. The molecule has 32 heavy (non-hydrogen) atoms. The van der Waals surface area contributed by atoms with Crippen LogP contribution in [0.1, 0.15) is 19.4 Å². The number of hydrogen-bond donors (Lipinski definition) is 3. The van der Waals surface area contributed by atoms with Crippen molar-refractivity contribution in [2.45, 2.75) is 30.9 Å². The Hall–Kier alpha value is -3.60. The fraction of sp³-hybridized carbons (Fsp3) is 0.286. The molecule has 0 saturated carbocycles. The molecule has 1 unspecified atom stereocenters. The minimum absolute atomic E-state index is 0.00676. The molecule has 2 atom stereocenters. The summed E-state index contributed by atoms with van der Waals surface area (Å²) in [6, 6.07) is 12.4. The molecule has 2 aromatic carbocycles. The Bertz CT molecular complexity index is 1190. The van der Waals surface area contributed by atoms with Gasteiger partial charge >= 0.3 is 0 Å². The molecule has 4 rings (SSSR count). The fourth-order valence-corrected chi connectivity index (χ4v) is 4.54. The Morgan fingerprint density at radius 2 is 1.75 bits per heavy atom. The lowest BCUT2D eigenvalue weighted by Gasteiger charge is -2.26. The number of amides is 2. The van der Waals surface area contributed by atoms with E-state index in [0.717, 1.165) is 0 Å². The van der Waals surface area contributed by atoms with Gasteiger partial charge in [-0.15, -0.1) is 0 Å². The van der Waals surface area contributed by atoms with Crippen molar-refractivity contribution >= 4 is 27.7 Å². The molecule has 2 amide bonds. The third kappa shape index (κ3) is 4.24. The van der Waals surface area contributed by atoms with Gasteiger partial charge < -0.3 is 9.47 Å². The van der Waals surface area contributed by atoms with Gasteiger partial charge in [0.15, 0.2) is 11.5 Å². The second kappa shape index (κ2) is 8.50. The number of ether oxygens (including phenoxy) is 2. The van der Waals surface area contributed by atoms with Gasteiger partial charge in [0.1, 0.15) is 18.5 Å². The van der Waals surface area contributed by atoms with Crippen molar-refractivity contribution in [2.24, 2.45) is 10.9 Å². The standard InChI is InChI=1S/C21H22N4O6S/c1-12(2)18(22-19-13-7-3-6-10-17(13)32(28,29)25-19)21(27)24-23-20(26)16-11-30-14-8-4-5-9-15(14)31-16/h3-10,12,16,18H,11H2,1-2H3,(H,22,25)(H,23,26)(H,24,27)/t16?,18-/m0/s1. The van der Waals surface area contributed by atoms with Gasteiger partial charge in [0.05, 0.1) is 4.90 Å². The summed E-state index contributed by atoms with van der Waals surface area (Å²) in [5, 5.41) is 0. The first-order valence-corrected chi connectivity index (χ1v) is 11.4. The number of rotatable bonds is 4. The molecule has 0 radical (unpaired) electrons. The van der Waals surface area contributed by atoms with E-state index in [0.29, 0.717) is 17.1 Å². The van der Waals surface area contributed by atoms with Crippen LogP contribution in [0.3, 0.4) is 0 Å². The van der Waals surface area contributed by atoms with E-state index in [1.54, 1.807) is 56.3 Å². The van der Waals surface area contributed by atoms with Crippen LogP contribution in [-0.4, -0.2) is 44.8 Å². The first-order valence-electron chi connectivity index (χ1n) is 9.94. The lowest BCUT2D eigenvalue weighted by Crippen LogP contribution is -2.53. The molecule has 0 fully saturated rings. The van der Waals surface area contributed by atoms with E-state index in [2.05, 4.69) is 20.6 Å². The number of aliphatic imine (C=N–C) groups is 1. The summed E-state index contributed by atoms with van der Waals surface area (Å²) in [7, 11) is -3.73. The number of carbonyl (C=O) groups excluding carboxylic acids is 2. The minimum Gasteiger partial charge on any atom is -0.485 e. The van der Waals surface area contributed by atoms with Crippen LogP contribution in [0.5, 0.6) is 11.5 Å². The Kier molecular flexibility index (Phi) is 5.74. The number of para-hydroxylation sites is 2. The van der Waals surface area contributed by atoms with Gasteiger partial charge in [-0.1, -0.05) is 38.1 Å². The zero-order valence-corrected chi connectivity index (χ0v) is 18.2. The summed E-state index contributed by atoms with van der Waals surface area (Å²) in [5.74, 6) is -0.407. The number of carbonyl (C=O) groups is 2. The number of benzene rings is 2. The monoisotopic (exact) mass is 458 g/mol. The molecule has 10 nitrogen and oxygen atoms in total. The summed E-state index contributed by atoms with van der Waals surface area (Å²) >= 11 is 0. The van der Waals surface area contributed by atoms with Crippen LogP contribution in [0.25, 0.3) is 0 Å². The second-order valence-electron chi connectivity index (χ2n) is 7.61. The molecule has 0 aromatic heterocycles. The third-order valence-corrected chi connectivity index (χ3v) is 6.34. The molecule has 2 heterocycles. The van der Waals surface area contributed by atoms with Crippen molar-refractivity contribution in [1.29, 1.82) is 0 Å². The van der Waals surface area contributed by atoms with E-state index in [1.165, 1.54) is 6.07 Å². The van der Waals surface area contributed by atoms with Gasteiger partial charge in [-0.05, 0) is 30.2 Å². The summed E-state index contributed by atoms with van der Waals surface area (Å²) < 4.78 is 38.1. The van der Waals surface area contributed by atoms with Crippen LogP contribution in [-0.2, 0) is 19.6 Å². The predicted octanol–water partition coefficient (Wildman–Crippen LogP) is 0.737. The van der Waals surface area contributed by atoms with E-state index in [4.69, 9.17) is 9.47 Å². The number of hydrazine groups is 1. The highest BCUT2D eigenvalue weighted by molar-refractivity contribution is 7.90. The van der Waals surface area contributed by atoms with Crippen LogP contribution in [0.15, 0.2) is 58.4 Å². The lowest BCUT2D eigenvalue weighted by atomic mass is 10.0. The summed E-state index contributed by atoms with van der Waals surface area (Å²) in [6.45, 7) is 3.52. The summed E-state index contributed by atoms with van der Waals surface area (Å²) in [6.07, 6.45) is -0.942. The first-order chi connectivity index (χ1) is 15.3. The Labute approximate surface area is 185 Å². The lowest BCUT2D eigenvalue weighted by molar-refractivity contribution is -0.135. The molecule has 168 valence electrons. The predicted molar refractivity (Wildman–Crippen MR) is 115 cm³/mol. The van der Waals surface area contributed by atoms with Crippen molar-refractivity contribution in [3.05, 3.63) is 54.1 Å². The molecular weight excluding hydrogens is 436 g/mol. The zero-order valence-electron chi connectivity index (χ0n) is 17.4. The maximum absolute atomic E-state index is 12.7. The smallest absolute Gasteiger partial charge is 0.283 e. The van der Waals surface area contributed by atoms with E-state index in [9.17, 15) is 18.0 Å². The van der Waals surface area contributed by atoms with Gasteiger partial charge in [-0.25, -0.2) is 8.42 Å². The summed E-state index contributed by atoms with van der Waals surface area (Å²) in [4.78, 5) is 29.6. The van der Waals surface area contributed by atoms with Crippen LogP contribution in [0.2, 0.25) is 0 Å². The highest BCUT2D eigenvalue weighted by Gasteiger charge is 2.33. The van der Waals surface area contributed by atoms with Gasteiger partial charge in [-0.3, -0.25) is 30.2 Å². The van der Waals surface area contributed by atoms with Crippen LogP contribution < -0.4 is 25.0 Å². The second-order valence-corrected chi connectivity index (χ2v) is 9.26. The van der Waals surface area contributed by atoms with Gasteiger partial charge in [0.25, 0.3) is 21.8 Å². The number of amidine groups is 1. The van der Waals surface area contributed by atoms with Gasteiger partial charge in [0, 0.05) is 5.56 Å². The number of nitrogens with zero attached hydrogens (tertiary/aromatic N) is 1. The van der Waals surface area contributed by atoms with Crippen molar-refractivity contribution < 1.29 is 27.5 Å². The zero-order chi connectivity index (χ0) is 22.9. The topological polar surface area (TPSA) is 135 Å². The maximum Gasteiger partial charge on any atom is 0.283 e. The largest absolute Gasteiger partial charge is 0.485 e. The van der Waals surface area contributed by atoms with E-state index in [1.807, 2.05) is 0 Å². The highest BCUT2D eigenvalue weighted by Crippen LogP contribution is 2.30. The van der Waals surface area contributed by atoms with Crippen LogP contribution in [0, 0.1) is 5.92 Å². The molecule has 2 aromatic rings. The Morgan fingerprint density at radius 3 is 2.50 bits per heavy atom. The molecule has 0 bridgehead atoms. The van der Waals surface area contributed by atoms with E-state index < -0.39 is 34.0 Å². The van der Waals surface area contributed by atoms with Crippen molar-refractivity contribution in [3.63, 3.8) is 0 Å². The quantitative estimate of drug-likeness (QED) is 0.579. The molecule has 2 aliphatic heterocycles. The van der Waals surface area contributed by atoms with Gasteiger partial charge in [-0.2, -0.15) is 0 Å². The molecule has 11 heteroatoms. The first kappa shape index (κ1) is 21.6. The van der Waals surface area contributed by atoms with Crippen LogP contribution in [0.4, 0.5) is 0 Å². The molecule has 2 aliphatic rings. The number of fused-ring (bicyclic) bond motifs is 2. The number of sulfonamides is 1. The average Bonchev–Trinajstić information content (AvgIpc) is 3.05. The van der Waals surface area contributed by atoms with E-state index in [-0.39, 0.29) is 23.3 Å². The number of nitrogens with one attached hydrogen (secondary N) is 3. The molecule has 0 saturated heterocycles. The fourth-order valence-electron chi connectivity index (χ4n) is 3.31. The molecule has 0 spiro atoms. The average molecular weight is 458 g/mol. The van der Waals surface area contributed by atoms with Crippen molar-refractivity contribution in [3.8, 4) is 11.5 Å². The van der Waals surface area contributed by atoms with Crippen molar-refractivity contribution in [1.82, 2.24) is 15.6 Å². The van der Waals surface area contributed by atoms with Crippen molar-refractivity contribution in [2.75, 3.05) is 6.61 Å². The maximum atomic E-state index is 12.7. The summed E-state index contributed by atoms with van der Waals surface area (Å²) in [5.41, 5.74) is 5.06. The normalized spacial score (nSPS) is 20.2. The molecular formula is C21H22N4O6S. The van der Waals surface area contributed by atoms with E-state index >= 15 is 0 Å². The minimum atomic E-state index is -3.73. The van der Waals surface area contributed by atoms with Gasteiger partial charge in [0.2, 0.25) is 6.10 Å². The molecule has 3 N–H and O–H groups in total. The SMILES string of the molecule is CC(C)[C@H](N=C1NS(=O)(=O)c2ccccc21)C(=O)NNC(=O)C1COc2ccccc2O1. The Morgan fingerprint density at radius 1 is 1.06 bits per heavy atom. The Balaban J connectivity index is 1.44. The third-order valence-electron chi connectivity index (χ3n) is 4.94. The highest BCUT2D eigenvalue weighted by atomic mass is 32.2.